The third-order valence-corrected chi connectivity index (χ3v) is 5.62. The van der Waals surface area contributed by atoms with E-state index in [9.17, 15) is 4.79 Å². The molecule has 0 fully saturated rings. The molecule has 3 rings (SSSR count). The lowest BCUT2D eigenvalue weighted by Crippen LogP contribution is -2.30. The van der Waals surface area contributed by atoms with Gasteiger partial charge in [0.1, 0.15) is 5.03 Å². The van der Waals surface area contributed by atoms with Gasteiger partial charge in [0.05, 0.1) is 0 Å². The minimum absolute atomic E-state index is 0.0915. The summed E-state index contributed by atoms with van der Waals surface area (Å²) in [5.74, 6) is 0.775. The average Bonchev–Trinajstić information content (AvgIpc) is 2.60. The fourth-order valence-electron chi connectivity index (χ4n) is 3.06. The SMILES string of the molecule is O=c1nc(SCc2ccc(Cl)cc2)c2c(n1CCCO)CCCC2. The van der Waals surface area contributed by atoms with E-state index in [-0.39, 0.29) is 12.3 Å². The van der Waals surface area contributed by atoms with Crippen LogP contribution in [0.3, 0.4) is 0 Å². The number of fused-ring (bicyclic) bond motifs is 1. The highest BCUT2D eigenvalue weighted by atomic mass is 35.5. The van der Waals surface area contributed by atoms with Gasteiger partial charge in [0.25, 0.3) is 0 Å². The Hall–Kier alpha value is -1.30. The van der Waals surface area contributed by atoms with E-state index in [1.807, 2.05) is 24.3 Å². The molecule has 0 radical (unpaired) electrons. The number of hydrogen-bond acceptors (Lipinski definition) is 4. The van der Waals surface area contributed by atoms with Crippen molar-refractivity contribution >= 4 is 23.4 Å². The number of aromatic nitrogens is 2. The first-order valence-corrected chi connectivity index (χ1v) is 9.66. The fraction of sp³-hybridized carbons (Fsp3) is 0.444. The van der Waals surface area contributed by atoms with Crippen LogP contribution >= 0.6 is 23.4 Å². The summed E-state index contributed by atoms with van der Waals surface area (Å²) >= 11 is 7.55. The summed E-state index contributed by atoms with van der Waals surface area (Å²) < 4.78 is 1.76. The lowest BCUT2D eigenvalue weighted by molar-refractivity contribution is 0.277. The van der Waals surface area contributed by atoms with Crippen LogP contribution in [-0.2, 0) is 25.1 Å². The summed E-state index contributed by atoms with van der Waals surface area (Å²) in [6, 6.07) is 7.77. The zero-order chi connectivity index (χ0) is 16.9. The normalized spacial score (nSPS) is 13.8. The molecule has 1 heterocycles. The van der Waals surface area contributed by atoms with Crippen molar-refractivity contribution in [2.45, 2.75) is 49.4 Å². The van der Waals surface area contributed by atoms with Gasteiger partial charge in [-0.05, 0) is 49.8 Å². The van der Waals surface area contributed by atoms with E-state index < -0.39 is 0 Å². The molecule has 2 aromatic rings. The molecule has 0 bridgehead atoms. The molecule has 1 aliphatic carbocycles. The van der Waals surface area contributed by atoms with Crippen molar-refractivity contribution in [2.24, 2.45) is 0 Å². The second-order valence-electron chi connectivity index (χ2n) is 5.98. The molecule has 0 saturated carbocycles. The maximum atomic E-state index is 12.4. The molecule has 0 saturated heterocycles. The van der Waals surface area contributed by atoms with Crippen molar-refractivity contribution in [1.82, 2.24) is 9.55 Å². The van der Waals surface area contributed by atoms with Crippen LogP contribution in [0.25, 0.3) is 0 Å². The number of nitrogens with zero attached hydrogens (tertiary/aromatic N) is 2. The van der Waals surface area contributed by atoms with E-state index in [0.29, 0.717) is 13.0 Å². The zero-order valence-electron chi connectivity index (χ0n) is 13.5. The molecule has 0 unspecified atom stereocenters. The first-order valence-electron chi connectivity index (χ1n) is 8.29. The van der Waals surface area contributed by atoms with Crippen molar-refractivity contribution < 1.29 is 5.11 Å². The summed E-state index contributed by atoms with van der Waals surface area (Å²) in [6.45, 7) is 0.640. The van der Waals surface area contributed by atoms with Gasteiger partial charge in [0.2, 0.25) is 0 Å². The number of halogens is 1. The highest BCUT2D eigenvalue weighted by Crippen LogP contribution is 2.30. The molecule has 0 amide bonds. The van der Waals surface area contributed by atoms with Gasteiger partial charge < -0.3 is 5.11 Å². The number of aliphatic hydroxyl groups excluding tert-OH is 1. The third-order valence-electron chi connectivity index (χ3n) is 4.28. The topological polar surface area (TPSA) is 55.1 Å². The minimum Gasteiger partial charge on any atom is -0.396 e. The van der Waals surface area contributed by atoms with Crippen LogP contribution in [0.2, 0.25) is 5.02 Å². The third kappa shape index (κ3) is 4.02. The number of benzene rings is 1. The predicted octanol–water partition coefficient (Wildman–Crippen LogP) is 3.45. The Morgan fingerprint density at radius 1 is 1.21 bits per heavy atom. The van der Waals surface area contributed by atoms with Gasteiger partial charge in [-0.25, -0.2) is 4.79 Å². The van der Waals surface area contributed by atoms with Crippen molar-refractivity contribution in [3.63, 3.8) is 0 Å². The van der Waals surface area contributed by atoms with Crippen molar-refractivity contribution in [2.75, 3.05) is 6.61 Å². The van der Waals surface area contributed by atoms with Crippen LogP contribution in [0.15, 0.2) is 34.1 Å². The standard InChI is InChI=1S/C18H21ClN2O2S/c19-14-8-6-13(7-9-14)12-24-17-15-4-1-2-5-16(15)21(10-3-11-22)18(23)20-17/h6-9,22H,1-5,10-12H2. The van der Waals surface area contributed by atoms with Crippen LogP contribution in [0.1, 0.15) is 36.1 Å². The zero-order valence-corrected chi connectivity index (χ0v) is 15.1. The fourth-order valence-corrected chi connectivity index (χ4v) is 4.22. The van der Waals surface area contributed by atoms with Gasteiger partial charge in [-0.2, -0.15) is 4.98 Å². The molecule has 1 aromatic heterocycles. The minimum atomic E-state index is -0.192. The van der Waals surface area contributed by atoms with Crippen molar-refractivity contribution in [3.05, 3.63) is 56.6 Å². The van der Waals surface area contributed by atoms with Gasteiger partial charge >= 0.3 is 5.69 Å². The first kappa shape index (κ1) is 17.5. The summed E-state index contributed by atoms with van der Waals surface area (Å²) in [7, 11) is 0. The van der Waals surface area contributed by atoms with Gasteiger partial charge in [0, 0.05) is 35.2 Å². The quantitative estimate of drug-likeness (QED) is 0.630. The maximum Gasteiger partial charge on any atom is 0.348 e. The van der Waals surface area contributed by atoms with Gasteiger partial charge in [-0.3, -0.25) is 4.57 Å². The van der Waals surface area contributed by atoms with Gasteiger partial charge in [-0.1, -0.05) is 23.7 Å². The largest absolute Gasteiger partial charge is 0.396 e. The van der Waals surface area contributed by atoms with Gasteiger partial charge in [0.15, 0.2) is 0 Å². The first-order chi connectivity index (χ1) is 11.7. The van der Waals surface area contributed by atoms with E-state index in [0.717, 1.165) is 47.2 Å². The highest BCUT2D eigenvalue weighted by molar-refractivity contribution is 7.98. The van der Waals surface area contributed by atoms with Crippen LogP contribution in [0.4, 0.5) is 0 Å². The van der Waals surface area contributed by atoms with Crippen molar-refractivity contribution in [3.8, 4) is 0 Å². The summed E-state index contributed by atoms with van der Waals surface area (Å²) in [5.41, 5.74) is 3.31. The molecule has 24 heavy (non-hydrogen) atoms. The molecular formula is C18H21ClN2O2S. The van der Waals surface area contributed by atoms with E-state index in [4.69, 9.17) is 16.7 Å². The van der Waals surface area contributed by atoms with Gasteiger partial charge in [-0.15, -0.1) is 11.8 Å². The smallest absolute Gasteiger partial charge is 0.348 e. The van der Waals surface area contributed by atoms with Crippen LogP contribution in [0.5, 0.6) is 0 Å². The summed E-state index contributed by atoms with van der Waals surface area (Å²) in [5, 5.41) is 10.7. The predicted molar refractivity (Wildman–Crippen MR) is 97.9 cm³/mol. The Bertz CT molecular complexity index is 759. The monoisotopic (exact) mass is 364 g/mol. The molecule has 4 nitrogen and oxygen atoms in total. The molecule has 1 N–H and O–H groups in total. The molecule has 6 heteroatoms. The van der Waals surface area contributed by atoms with E-state index in [1.54, 1.807) is 16.3 Å². The molecule has 0 atom stereocenters. The van der Waals surface area contributed by atoms with Crippen LogP contribution in [-0.4, -0.2) is 21.3 Å². The van der Waals surface area contributed by atoms with E-state index in [2.05, 4.69) is 4.98 Å². The summed E-state index contributed by atoms with van der Waals surface area (Å²) in [4.78, 5) is 16.7. The number of aliphatic hydroxyl groups is 1. The Morgan fingerprint density at radius 2 is 1.96 bits per heavy atom. The summed E-state index contributed by atoms with van der Waals surface area (Å²) in [6.07, 6.45) is 4.74. The van der Waals surface area contributed by atoms with Crippen LogP contribution < -0.4 is 5.69 Å². The van der Waals surface area contributed by atoms with Crippen molar-refractivity contribution in [1.29, 1.82) is 0 Å². The van der Waals surface area contributed by atoms with E-state index >= 15 is 0 Å². The number of rotatable bonds is 6. The Morgan fingerprint density at radius 3 is 2.71 bits per heavy atom. The second-order valence-corrected chi connectivity index (χ2v) is 7.38. The maximum absolute atomic E-state index is 12.4. The Labute approximate surface area is 150 Å². The Balaban J connectivity index is 1.86. The Kier molecular flexibility index (Phi) is 5.98. The number of hydrogen-bond donors (Lipinski definition) is 1. The molecule has 1 aromatic carbocycles. The molecule has 1 aliphatic rings. The second kappa shape index (κ2) is 8.19. The lowest BCUT2D eigenvalue weighted by Gasteiger charge is -2.22. The molecule has 0 spiro atoms. The average molecular weight is 365 g/mol. The molecule has 128 valence electrons. The van der Waals surface area contributed by atoms with E-state index in [1.165, 1.54) is 11.1 Å². The molecular weight excluding hydrogens is 344 g/mol. The number of thioether (sulfide) groups is 1. The highest BCUT2D eigenvalue weighted by Gasteiger charge is 2.20. The molecule has 0 aliphatic heterocycles. The van der Waals surface area contributed by atoms with Crippen LogP contribution in [0, 0.1) is 0 Å². The lowest BCUT2D eigenvalue weighted by atomic mass is 9.97.